The van der Waals surface area contributed by atoms with Gasteiger partial charge in [-0.1, -0.05) is 11.6 Å². The monoisotopic (exact) mass is 376 g/mol. The topological polar surface area (TPSA) is 50.6 Å². The number of benzene rings is 1. The fraction of sp³-hybridized carbons (Fsp3) is 0.474. The third kappa shape index (κ3) is 4.37. The Morgan fingerprint density at radius 3 is 2.73 bits per heavy atom. The molecule has 7 heteroatoms. The van der Waals surface area contributed by atoms with E-state index in [1.54, 1.807) is 19.0 Å². The van der Waals surface area contributed by atoms with Crippen LogP contribution in [0.5, 0.6) is 5.75 Å². The van der Waals surface area contributed by atoms with Crippen molar-refractivity contribution in [2.24, 2.45) is 0 Å². The predicted octanol–water partition coefficient (Wildman–Crippen LogP) is 2.62. The molecule has 1 unspecified atom stereocenters. The molecule has 3 rings (SSSR count). The fourth-order valence-corrected chi connectivity index (χ4v) is 3.23. The van der Waals surface area contributed by atoms with Crippen LogP contribution < -0.4 is 4.74 Å². The normalized spacial score (nSPS) is 17.0. The van der Waals surface area contributed by atoms with Crippen molar-refractivity contribution in [3.63, 3.8) is 0 Å². The van der Waals surface area contributed by atoms with Crippen LogP contribution in [-0.4, -0.2) is 59.0 Å². The molecule has 0 saturated carbocycles. The summed E-state index contributed by atoms with van der Waals surface area (Å²) < 4.78 is 7.97. The summed E-state index contributed by atoms with van der Waals surface area (Å²) in [6.45, 7) is 5.40. The van der Waals surface area contributed by atoms with Gasteiger partial charge in [0.2, 0.25) is 5.91 Å². The first-order valence-corrected chi connectivity index (χ1v) is 9.20. The van der Waals surface area contributed by atoms with E-state index < -0.39 is 0 Å². The van der Waals surface area contributed by atoms with Crippen molar-refractivity contribution in [3.8, 4) is 5.75 Å². The molecule has 1 aliphatic heterocycles. The van der Waals surface area contributed by atoms with Gasteiger partial charge in [0.15, 0.2) is 0 Å². The van der Waals surface area contributed by atoms with Crippen molar-refractivity contribution < 1.29 is 9.53 Å². The van der Waals surface area contributed by atoms with Crippen molar-refractivity contribution in [1.82, 2.24) is 19.4 Å². The molecular formula is C19H25ClN4O2. The minimum absolute atomic E-state index is 0.0707. The highest BCUT2D eigenvalue weighted by Gasteiger charge is 2.26. The van der Waals surface area contributed by atoms with E-state index in [1.807, 2.05) is 30.5 Å². The second-order valence-corrected chi connectivity index (χ2v) is 7.20. The number of hydrogen-bond acceptors (Lipinski definition) is 4. The fourth-order valence-electron chi connectivity index (χ4n) is 3.11. The molecule has 0 aliphatic carbocycles. The summed E-state index contributed by atoms with van der Waals surface area (Å²) in [5.41, 5.74) is 0.838. The van der Waals surface area contributed by atoms with E-state index in [-0.39, 0.29) is 11.9 Å². The number of ether oxygens (including phenoxy) is 1. The van der Waals surface area contributed by atoms with Gasteiger partial charge in [-0.15, -0.1) is 0 Å². The van der Waals surface area contributed by atoms with Crippen LogP contribution >= 0.6 is 11.6 Å². The lowest BCUT2D eigenvalue weighted by atomic mass is 10.2. The molecule has 0 radical (unpaired) electrons. The number of halogens is 1. The number of likely N-dealkylation sites (N-methyl/N-ethyl adjacent to an activating group) is 1. The van der Waals surface area contributed by atoms with Crippen LogP contribution in [-0.2, 0) is 17.8 Å². The lowest BCUT2D eigenvalue weighted by molar-refractivity contribution is -0.128. The zero-order chi connectivity index (χ0) is 18.7. The van der Waals surface area contributed by atoms with Crippen LogP contribution in [0, 0.1) is 0 Å². The smallest absolute Gasteiger partial charge is 0.228 e. The van der Waals surface area contributed by atoms with Crippen molar-refractivity contribution in [2.75, 3.05) is 33.8 Å². The van der Waals surface area contributed by atoms with E-state index in [1.165, 1.54) is 0 Å². The second-order valence-electron chi connectivity index (χ2n) is 6.76. The summed E-state index contributed by atoms with van der Waals surface area (Å²) in [7, 11) is 3.53. The number of carbonyl (C=O) groups excluding carboxylic acids is 1. The van der Waals surface area contributed by atoms with Gasteiger partial charge in [-0.2, -0.15) is 0 Å². The molecule has 0 fully saturated rings. The van der Waals surface area contributed by atoms with Gasteiger partial charge in [0.25, 0.3) is 0 Å². The maximum atomic E-state index is 11.9. The average molecular weight is 377 g/mol. The van der Waals surface area contributed by atoms with Gasteiger partial charge in [-0.05, 0) is 31.2 Å². The lowest BCUT2D eigenvalue weighted by Gasteiger charge is -2.33. The number of fused-ring (bicyclic) bond motifs is 1. The first kappa shape index (κ1) is 18.7. The summed E-state index contributed by atoms with van der Waals surface area (Å²) in [5, 5.41) is 0.706. The average Bonchev–Trinajstić information content (AvgIpc) is 3.02. The highest BCUT2D eigenvalue weighted by Crippen LogP contribution is 2.24. The van der Waals surface area contributed by atoms with Gasteiger partial charge in [-0.25, -0.2) is 4.98 Å². The third-order valence-corrected chi connectivity index (χ3v) is 4.95. The minimum atomic E-state index is 0.0707. The Hall–Kier alpha value is -2.05. The summed E-state index contributed by atoms with van der Waals surface area (Å²) >= 11 is 5.89. The van der Waals surface area contributed by atoms with Crippen LogP contribution in [0.15, 0.2) is 30.5 Å². The number of aromatic nitrogens is 2. The van der Waals surface area contributed by atoms with E-state index in [0.29, 0.717) is 18.1 Å². The molecule has 2 aromatic rings. The molecule has 1 aliphatic rings. The van der Waals surface area contributed by atoms with E-state index in [9.17, 15) is 4.79 Å². The third-order valence-electron chi connectivity index (χ3n) is 4.70. The largest absolute Gasteiger partial charge is 0.492 e. The molecule has 0 spiro atoms. The summed E-state index contributed by atoms with van der Waals surface area (Å²) in [5.74, 6) is 1.91. The molecule has 140 valence electrons. The summed E-state index contributed by atoms with van der Waals surface area (Å²) in [6, 6.07) is 7.60. The number of rotatable bonds is 6. The number of imidazole rings is 1. The van der Waals surface area contributed by atoms with Crippen molar-refractivity contribution in [2.45, 2.75) is 25.9 Å². The standard InChI is InChI=1S/C19H25ClN4O2/c1-14-19-21-16(12-18(25)22(2)3)13-24(19)9-8-23(14)10-11-26-17-6-4-15(20)5-7-17/h4-7,13-14H,8-12H2,1-3H3. The van der Waals surface area contributed by atoms with Crippen LogP contribution in [0.25, 0.3) is 0 Å². The number of hydrogen-bond donors (Lipinski definition) is 0. The quantitative estimate of drug-likeness (QED) is 0.777. The van der Waals surface area contributed by atoms with Gasteiger partial charge in [0, 0.05) is 44.9 Å². The van der Waals surface area contributed by atoms with Crippen molar-refractivity contribution >= 4 is 17.5 Å². The number of amides is 1. The zero-order valence-electron chi connectivity index (χ0n) is 15.5. The number of nitrogens with zero attached hydrogens (tertiary/aromatic N) is 4. The Balaban J connectivity index is 1.57. The maximum Gasteiger partial charge on any atom is 0.228 e. The van der Waals surface area contributed by atoms with Crippen LogP contribution in [0.3, 0.4) is 0 Å². The Bertz CT molecular complexity index is 757. The molecule has 1 amide bonds. The molecule has 2 heterocycles. The molecule has 1 aromatic heterocycles. The maximum absolute atomic E-state index is 11.9. The minimum Gasteiger partial charge on any atom is -0.492 e. The zero-order valence-corrected chi connectivity index (χ0v) is 16.2. The van der Waals surface area contributed by atoms with E-state index in [2.05, 4.69) is 16.4 Å². The first-order chi connectivity index (χ1) is 12.4. The van der Waals surface area contributed by atoms with E-state index in [0.717, 1.165) is 36.9 Å². The highest BCUT2D eigenvalue weighted by atomic mass is 35.5. The second kappa shape index (κ2) is 8.10. The van der Waals surface area contributed by atoms with Crippen LogP contribution in [0.2, 0.25) is 5.02 Å². The lowest BCUT2D eigenvalue weighted by Crippen LogP contribution is -2.39. The van der Waals surface area contributed by atoms with E-state index >= 15 is 0 Å². The van der Waals surface area contributed by atoms with Gasteiger partial charge >= 0.3 is 0 Å². The van der Waals surface area contributed by atoms with Crippen LogP contribution in [0.1, 0.15) is 24.5 Å². The Kier molecular flexibility index (Phi) is 5.84. The Morgan fingerprint density at radius 1 is 1.31 bits per heavy atom. The Labute approximate surface area is 159 Å². The first-order valence-electron chi connectivity index (χ1n) is 8.82. The molecule has 1 atom stereocenters. The molecule has 6 nitrogen and oxygen atoms in total. The Morgan fingerprint density at radius 2 is 2.04 bits per heavy atom. The van der Waals surface area contributed by atoms with Gasteiger partial charge in [0.05, 0.1) is 18.2 Å². The van der Waals surface area contributed by atoms with Crippen molar-refractivity contribution in [3.05, 3.63) is 47.0 Å². The molecule has 0 saturated heterocycles. The summed E-state index contributed by atoms with van der Waals surface area (Å²) in [4.78, 5) is 20.6. The molecule has 26 heavy (non-hydrogen) atoms. The predicted molar refractivity (Wildman–Crippen MR) is 102 cm³/mol. The van der Waals surface area contributed by atoms with Gasteiger partial charge in [-0.3, -0.25) is 9.69 Å². The number of carbonyl (C=O) groups is 1. The molecule has 0 N–H and O–H groups in total. The summed E-state index contributed by atoms with van der Waals surface area (Å²) in [6.07, 6.45) is 2.36. The highest BCUT2D eigenvalue weighted by molar-refractivity contribution is 6.30. The van der Waals surface area contributed by atoms with Crippen LogP contribution in [0.4, 0.5) is 0 Å². The molecule has 0 bridgehead atoms. The molecular weight excluding hydrogens is 352 g/mol. The molecule has 1 aromatic carbocycles. The van der Waals surface area contributed by atoms with Gasteiger partial charge < -0.3 is 14.2 Å². The van der Waals surface area contributed by atoms with E-state index in [4.69, 9.17) is 21.3 Å². The SMILES string of the molecule is CC1c2nc(CC(=O)N(C)C)cn2CCN1CCOc1ccc(Cl)cc1. The van der Waals surface area contributed by atoms with Crippen molar-refractivity contribution in [1.29, 1.82) is 0 Å². The van der Waals surface area contributed by atoms with Gasteiger partial charge in [0.1, 0.15) is 18.2 Å².